The van der Waals surface area contributed by atoms with Crippen molar-refractivity contribution in [3.05, 3.63) is 93.3 Å². The number of hydrogen-bond donors (Lipinski definition) is 2. The molecule has 0 aromatic heterocycles. The van der Waals surface area contributed by atoms with Crippen LogP contribution in [-0.2, 0) is 14.3 Å². The molecular formula is C28H24ClN3O5S. The van der Waals surface area contributed by atoms with Gasteiger partial charge in [0.05, 0.1) is 22.8 Å². The fourth-order valence-corrected chi connectivity index (χ4v) is 4.60. The normalized spacial score (nSPS) is 14.1. The van der Waals surface area contributed by atoms with Gasteiger partial charge in [0.1, 0.15) is 5.75 Å². The highest BCUT2D eigenvalue weighted by molar-refractivity contribution is 8.19. The molecule has 0 atom stereocenters. The number of carbonyl (C=O) groups is 3. The van der Waals surface area contributed by atoms with Crippen LogP contribution in [0.25, 0.3) is 6.08 Å². The van der Waals surface area contributed by atoms with Crippen LogP contribution in [-0.4, -0.2) is 36.2 Å². The predicted octanol–water partition coefficient (Wildman–Crippen LogP) is 5.90. The zero-order valence-electron chi connectivity index (χ0n) is 20.6. The Hall–Kier alpha value is -4.08. The number of esters is 1. The summed E-state index contributed by atoms with van der Waals surface area (Å²) in [5, 5.41) is 11.6. The molecule has 3 aromatic carbocycles. The maximum atomic E-state index is 13.2. The standard InChI is InChI=1S/C28H24ClN3O5S/c1-3-36-27(35)18-6-11-22(12-7-18)32-26(34)24(38-28(32)30)15-19-14-20(29)8-13-23(19)37-16-25(33)31-21-9-4-17(2)5-10-21/h4-15,30H,3,16H2,1-2H3,(H,31,33)/b24-15-,30-28?. The smallest absolute Gasteiger partial charge is 0.338 e. The van der Waals surface area contributed by atoms with E-state index in [0.717, 1.165) is 17.3 Å². The Labute approximate surface area is 229 Å². The molecule has 8 nitrogen and oxygen atoms in total. The molecule has 0 spiro atoms. The van der Waals surface area contributed by atoms with Gasteiger partial charge < -0.3 is 14.8 Å². The van der Waals surface area contributed by atoms with E-state index in [0.29, 0.717) is 33.3 Å². The lowest BCUT2D eigenvalue weighted by atomic mass is 10.1. The number of thioether (sulfide) groups is 1. The van der Waals surface area contributed by atoms with Crippen molar-refractivity contribution >= 4 is 63.8 Å². The minimum atomic E-state index is -0.460. The van der Waals surface area contributed by atoms with Gasteiger partial charge in [0.25, 0.3) is 11.8 Å². The van der Waals surface area contributed by atoms with Crippen molar-refractivity contribution in [1.82, 2.24) is 0 Å². The molecular weight excluding hydrogens is 526 g/mol. The molecule has 0 unspecified atom stereocenters. The van der Waals surface area contributed by atoms with Gasteiger partial charge in [0.15, 0.2) is 11.8 Å². The van der Waals surface area contributed by atoms with Gasteiger partial charge in [0.2, 0.25) is 0 Å². The van der Waals surface area contributed by atoms with Crippen molar-refractivity contribution in [2.24, 2.45) is 0 Å². The number of ether oxygens (including phenoxy) is 2. The van der Waals surface area contributed by atoms with Gasteiger partial charge in [-0.25, -0.2) is 4.79 Å². The van der Waals surface area contributed by atoms with Crippen molar-refractivity contribution in [3.8, 4) is 5.75 Å². The molecule has 4 rings (SSSR count). The first-order chi connectivity index (χ1) is 18.2. The topological polar surface area (TPSA) is 109 Å². The van der Waals surface area contributed by atoms with E-state index in [2.05, 4.69) is 5.32 Å². The second-order valence-corrected chi connectivity index (χ2v) is 9.68. The van der Waals surface area contributed by atoms with Crippen LogP contribution in [0.2, 0.25) is 5.02 Å². The highest BCUT2D eigenvalue weighted by Crippen LogP contribution is 2.37. The van der Waals surface area contributed by atoms with Gasteiger partial charge in [-0.3, -0.25) is 19.9 Å². The Balaban J connectivity index is 1.49. The molecule has 2 amide bonds. The number of anilines is 2. The molecule has 2 N–H and O–H groups in total. The monoisotopic (exact) mass is 549 g/mol. The third-order valence-corrected chi connectivity index (χ3v) is 6.54. The molecule has 0 radical (unpaired) electrons. The van der Waals surface area contributed by atoms with E-state index in [9.17, 15) is 14.4 Å². The van der Waals surface area contributed by atoms with Crippen molar-refractivity contribution in [2.45, 2.75) is 13.8 Å². The number of nitrogens with one attached hydrogen (secondary N) is 2. The first-order valence-electron chi connectivity index (χ1n) is 11.6. The van der Waals surface area contributed by atoms with Crippen LogP contribution in [0, 0.1) is 12.3 Å². The van der Waals surface area contributed by atoms with E-state index in [1.165, 1.54) is 4.90 Å². The van der Waals surface area contributed by atoms with Crippen LogP contribution in [0.15, 0.2) is 71.6 Å². The van der Waals surface area contributed by atoms with Gasteiger partial charge in [0, 0.05) is 16.3 Å². The maximum Gasteiger partial charge on any atom is 0.338 e. The van der Waals surface area contributed by atoms with Crippen LogP contribution in [0.5, 0.6) is 5.75 Å². The van der Waals surface area contributed by atoms with Crippen molar-refractivity contribution < 1.29 is 23.9 Å². The minimum absolute atomic E-state index is 0.00658. The van der Waals surface area contributed by atoms with Crippen LogP contribution in [0.3, 0.4) is 0 Å². The number of amides is 2. The highest BCUT2D eigenvalue weighted by atomic mass is 35.5. The molecule has 38 heavy (non-hydrogen) atoms. The second kappa shape index (κ2) is 12.0. The molecule has 1 saturated heterocycles. The molecule has 1 heterocycles. The van der Waals surface area contributed by atoms with Crippen LogP contribution in [0.4, 0.5) is 11.4 Å². The summed E-state index contributed by atoms with van der Waals surface area (Å²) < 4.78 is 10.7. The number of halogens is 1. The number of rotatable bonds is 8. The third-order valence-electron chi connectivity index (χ3n) is 5.41. The van der Waals surface area contributed by atoms with Crippen LogP contribution in [0.1, 0.15) is 28.4 Å². The van der Waals surface area contributed by atoms with Crippen molar-refractivity contribution in [3.63, 3.8) is 0 Å². The van der Waals surface area contributed by atoms with Crippen LogP contribution >= 0.6 is 23.4 Å². The first kappa shape index (κ1) is 27.0. The number of hydrogen-bond acceptors (Lipinski definition) is 7. The van der Waals surface area contributed by atoms with E-state index in [4.69, 9.17) is 26.5 Å². The van der Waals surface area contributed by atoms with Gasteiger partial charge >= 0.3 is 5.97 Å². The molecule has 0 aliphatic carbocycles. The van der Waals surface area contributed by atoms with Crippen molar-refractivity contribution in [1.29, 1.82) is 5.41 Å². The zero-order valence-corrected chi connectivity index (χ0v) is 22.2. The molecule has 1 aliphatic heterocycles. The molecule has 10 heteroatoms. The Morgan fingerprint density at radius 3 is 2.47 bits per heavy atom. The van der Waals surface area contributed by atoms with E-state index in [1.807, 2.05) is 19.1 Å². The van der Waals surface area contributed by atoms with Gasteiger partial charge in [-0.2, -0.15) is 0 Å². The van der Waals surface area contributed by atoms with Gasteiger partial charge in [-0.05, 0) is 86.3 Å². The SMILES string of the molecule is CCOC(=O)c1ccc(N2C(=N)S/C(=C\c3cc(Cl)ccc3OCC(=O)Nc3ccc(C)cc3)C2=O)cc1. The Kier molecular flexibility index (Phi) is 8.50. The Morgan fingerprint density at radius 1 is 1.08 bits per heavy atom. The number of carbonyl (C=O) groups excluding carboxylic acids is 3. The number of amidine groups is 1. The lowest BCUT2D eigenvalue weighted by Gasteiger charge is -2.14. The van der Waals surface area contributed by atoms with E-state index >= 15 is 0 Å². The quantitative estimate of drug-likeness (QED) is 0.267. The van der Waals surface area contributed by atoms with Gasteiger partial charge in [-0.1, -0.05) is 29.3 Å². The average molecular weight is 550 g/mol. The minimum Gasteiger partial charge on any atom is -0.483 e. The molecule has 1 aliphatic rings. The third kappa shape index (κ3) is 6.42. The Bertz CT molecular complexity index is 1420. The number of nitrogens with zero attached hydrogens (tertiary/aromatic N) is 1. The summed E-state index contributed by atoms with van der Waals surface area (Å²) in [5.41, 5.74) is 3.02. The van der Waals surface area contributed by atoms with Crippen molar-refractivity contribution in [2.75, 3.05) is 23.4 Å². The van der Waals surface area contributed by atoms with Crippen LogP contribution < -0.4 is 15.0 Å². The largest absolute Gasteiger partial charge is 0.483 e. The average Bonchev–Trinajstić information content (AvgIpc) is 3.17. The summed E-state index contributed by atoms with van der Waals surface area (Å²) in [6.07, 6.45) is 1.58. The molecule has 3 aromatic rings. The summed E-state index contributed by atoms with van der Waals surface area (Å²) in [6.45, 7) is 3.69. The molecule has 0 bridgehead atoms. The first-order valence-corrected chi connectivity index (χ1v) is 12.8. The summed E-state index contributed by atoms with van der Waals surface area (Å²) in [5.74, 6) is -0.851. The summed E-state index contributed by atoms with van der Waals surface area (Å²) >= 11 is 7.17. The van der Waals surface area contributed by atoms with E-state index in [-0.39, 0.29) is 29.2 Å². The fourth-order valence-electron chi connectivity index (χ4n) is 3.56. The number of aryl methyl sites for hydroxylation is 1. The molecule has 1 fully saturated rings. The number of benzene rings is 3. The fraction of sp³-hybridized carbons (Fsp3) is 0.143. The van der Waals surface area contributed by atoms with Gasteiger partial charge in [-0.15, -0.1) is 0 Å². The summed E-state index contributed by atoms with van der Waals surface area (Å²) in [4.78, 5) is 39.0. The highest BCUT2D eigenvalue weighted by Gasteiger charge is 2.34. The lowest BCUT2D eigenvalue weighted by molar-refractivity contribution is -0.118. The predicted molar refractivity (Wildman–Crippen MR) is 150 cm³/mol. The maximum absolute atomic E-state index is 13.2. The lowest BCUT2D eigenvalue weighted by Crippen LogP contribution is -2.28. The van der Waals surface area contributed by atoms with E-state index in [1.54, 1.807) is 67.6 Å². The molecule has 194 valence electrons. The zero-order chi connectivity index (χ0) is 27.2. The molecule has 0 saturated carbocycles. The Morgan fingerprint density at radius 2 is 1.79 bits per heavy atom. The second-order valence-electron chi connectivity index (χ2n) is 8.21. The summed E-state index contributed by atoms with van der Waals surface area (Å²) in [6, 6.07) is 18.5. The summed E-state index contributed by atoms with van der Waals surface area (Å²) in [7, 11) is 0. The van der Waals surface area contributed by atoms with E-state index < -0.39 is 11.9 Å².